The molecule has 0 radical (unpaired) electrons. The van der Waals surface area contributed by atoms with Crippen molar-refractivity contribution in [2.45, 2.75) is 6.42 Å². The molecule has 0 aliphatic carbocycles. The summed E-state index contributed by atoms with van der Waals surface area (Å²) in [5.41, 5.74) is 0.203. The fourth-order valence-corrected chi connectivity index (χ4v) is 1.27. The maximum Gasteiger partial charge on any atom is 0.308 e. The van der Waals surface area contributed by atoms with Crippen LogP contribution in [-0.2, 0) is 11.2 Å². The first-order chi connectivity index (χ1) is 8.04. The number of carboxylic acid groups (broad SMARTS) is 1. The fraction of sp³-hybridized carbons (Fsp3) is 0.182. The highest BCUT2D eigenvalue weighted by Gasteiger charge is 2.16. The second-order valence-electron chi connectivity index (χ2n) is 3.13. The van der Waals surface area contributed by atoms with Gasteiger partial charge in [0.05, 0.1) is 11.3 Å². The molecule has 0 saturated heterocycles. The van der Waals surface area contributed by atoms with Crippen molar-refractivity contribution >= 4 is 11.7 Å². The second-order valence-corrected chi connectivity index (χ2v) is 3.13. The maximum atomic E-state index is 10.7. The van der Waals surface area contributed by atoms with Gasteiger partial charge in [-0.25, -0.2) is 0 Å². The maximum absolute atomic E-state index is 10.7. The number of carbonyl (C=O) groups is 1. The van der Waals surface area contributed by atoms with Crippen LogP contribution in [0.25, 0.3) is 0 Å². The second kappa shape index (κ2) is 5.63. The summed E-state index contributed by atoms with van der Waals surface area (Å²) in [4.78, 5) is 20.6. The minimum Gasteiger partial charge on any atom is -0.481 e. The van der Waals surface area contributed by atoms with Crippen LogP contribution in [0.4, 0.5) is 5.69 Å². The van der Waals surface area contributed by atoms with Crippen molar-refractivity contribution in [1.82, 2.24) is 0 Å². The largest absolute Gasteiger partial charge is 0.481 e. The van der Waals surface area contributed by atoms with Gasteiger partial charge in [-0.15, -0.1) is 0 Å². The number of carboxylic acids is 1. The normalized spacial score (nSPS) is 9.24. The van der Waals surface area contributed by atoms with E-state index in [2.05, 4.69) is 11.8 Å². The van der Waals surface area contributed by atoms with Gasteiger partial charge in [0.15, 0.2) is 0 Å². The Morgan fingerprint density at radius 3 is 2.71 bits per heavy atom. The van der Waals surface area contributed by atoms with Crippen LogP contribution in [0.2, 0.25) is 0 Å². The first-order valence-corrected chi connectivity index (χ1v) is 4.63. The van der Waals surface area contributed by atoms with Gasteiger partial charge in [-0.05, 0) is 6.07 Å². The van der Waals surface area contributed by atoms with E-state index in [0.29, 0.717) is 5.56 Å². The van der Waals surface area contributed by atoms with E-state index in [1.807, 2.05) is 0 Å². The Morgan fingerprint density at radius 2 is 2.18 bits per heavy atom. The quantitative estimate of drug-likeness (QED) is 0.453. The van der Waals surface area contributed by atoms with Crippen LogP contribution in [0.1, 0.15) is 11.1 Å². The minimum absolute atomic E-state index is 0.122. The Bertz CT molecular complexity index is 512. The summed E-state index contributed by atoms with van der Waals surface area (Å²) in [7, 11) is 0. The Hall–Kier alpha value is -2.39. The molecule has 17 heavy (non-hydrogen) atoms. The van der Waals surface area contributed by atoms with Crippen LogP contribution in [-0.4, -0.2) is 27.7 Å². The molecule has 0 unspecified atom stereocenters. The first-order valence-electron chi connectivity index (χ1n) is 4.63. The lowest BCUT2D eigenvalue weighted by molar-refractivity contribution is -0.385. The number of rotatable bonds is 3. The molecule has 1 rings (SSSR count). The predicted molar refractivity (Wildman–Crippen MR) is 58.4 cm³/mol. The molecule has 0 heterocycles. The number of hydrogen-bond acceptors (Lipinski definition) is 4. The summed E-state index contributed by atoms with van der Waals surface area (Å²) in [6, 6.07) is 4.03. The van der Waals surface area contributed by atoms with Crippen molar-refractivity contribution in [2.75, 3.05) is 6.61 Å². The van der Waals surface area contributed by atoms with Gasteiger partial charge in [-0.2, -0.15) is 0 Å². The molecule has 6 nitrogen and oxygen atoms in total. The van der Waals surface area contributed by atoms with Gasteiger partial charge in [0.2, 0.25) is 0 Å². The Balaban J connectivity index is 3.17. The number of nitro benzene ring substituents is 1. The summed E-state index contributed by atoms with van der Waals surface area (Å²) in [5.74, 6) is 3.74. The molecule has 0 aromatic heterocycles. The van der Waals surface area contributed by atoms with Crippen molar-refractivity contribution in [3.63, 3.8) is 0 Å². The number of nitrogens with zero attached hydrogens (tertiary/aromatic N) is 1. The smallest absolute Gasteiger partial charge is 0.308 e. The molecule has 6 heteroatoms. The zero-order chi connectivity index (χ0) is 12.8. The Kier molecular flexibility index (Phi) is 4.20. The van der Waals surface area contributed by atoms with Crippen LogP contribution in [0, 0.1) is 22.0 Å². The number of hydrogen-bond donors (Lipinski definition) is 2. The number of aliphatic carboxylic acids is 1. The van der Waals surface area contributed by atoms with Crippen LogP contribution in [0.3, 0.4) is 0 Å². The lowest BCUT2D eigenvalue weighted by Crippen LogP contribution is -2.04. The van der Waals surface area contributed by atoms with Crippen LogP contribution in [0.15, 0.2) is 18.2 Å². The number of aliphatic hydroxyl groups excluding tert-OH is 1. The van der Waals surface area contributed by atoms with E-state index in [0.717, 1.165) is 0 Å². The molecular weight excluding hydrogens is 226 g/mol. The molecule has 1 aromatic rings. The molecule has 0 atom stereocenters. The summed E-state index contributed by atoms with van der Waals surface area (Å²) < 4.78 is 0. The highest BCUT2D eigenvalue weighted by molar-refractivity contribution is 5.72. The number of aliphatic hydroxyl groups is 1. The number of nitro groups is 1. The average molecular weight is 235 g/mol. The molecule has 0 fully saturated rings. The van der Waals surface area contributed by atoms with Gasteiger partial charge in [0.1, 0.15) is 6.61 Å². The first kappa shape index (κ1) is 12.7. The molecule has 1 aromatic carbocycles. The molecule has 0 spiro atoms. The highest BCUT2D eigenvalue weighted by Crippen LogP contribution is 2.20. The topological polar surface area (TPSA) is 101 Å². The standard InChI is InChI=1S/C11H9NO5/c13-5-1-2-8-3-4-9(7-11(14)15)10(6-8)12(16)17/h3-4,6,13H,5,7H2,(H,14,15). The fourth-order valence-electron chi connectivity index (χ4n) is 1.27. The van der Waals surface area contributed by atoms with Gasteiger partial charge in [0, 0.05) is 17.2 Å². The van der Waals surface area contributed by atoms with E-state index >= 15 is 0 Å². The van der Waals surface area contributed by atoms with Crippen molar-refractivity contribution in [1.29, 1.82) is 0 Å². The lowest BCUT2D eigenvalue weighted by Gasteiger charge is -2.00. The SMILES string of the molecule is O=C(O)Cc1ccc(C#CCO)cc1[N+](=O)[O-]. The van der Waals surface area contributed by atoms with E-state index in [1.54, 1.807) is 0 Å². The predicted octanol–water partition coefficient (Wildman–Crippen LogP) is 0.566. The summed E-state index contributed by atoms with van der Waals surface area (Å²) >= 11 is 0. The van der Waals surface area contributed by atoms with Crippen LogP contribution in [0.5, 0.6) is 0 Å². The third-order valence-corrected chi connectivity index (χ3v) is 1.94. The molecule has 88 valence electrons. The summed E-state index contributed by atoms with van der Waals surface area (Å²) in [6.07, 6.45) is -0.413. The van der Waals surface area contributed by atoms with Crippen molar-refractivity contribution < 1.29 is 19.9 Å². The third-order valence-electron chi connectivity index (χ3n) is 1.94. The molecule has 2 N–H and O–H groups in total. The van der Waals surface area contributed by atoms with Crippen LogP contribution >= 0.6 is 0 Å². The van der Waals surface area contributed by atoms with Gasteiger partial charge < -0.3 is 10.2 Å². The van der Waals surface area contributed by atoms with E-state index in [9.17, 15) is 14.9 Å². The average Bonchev–Trinajstić information content (AvgIpc) is 2.26. The van der Waals surface area contributed by atoms with Crippen molar-refractivity contribution in [2.24, 2.45) is 0 Å². The van der Waals surface area contributed by atoms with E-state index in [4.69, 9.17) is 10.2 Å². The highest BCUT2D eigenvalue weighted by atomic mass is 16.6. The minimum atomic E-state index is -1.14. The summed E-state index contributed by atoms with van der Waals surface area (Å²) in [5, 5.41) is 27.8. The lowest BCUT2D eigenvalue weighted by atomic mass is 10.1. The molecule has 0 amide bonds. The molecule has 0 bridgehead atoms. The third kappa shape index (κ3) is 3.59. The Labute approximate surface area is 96.7 Å². The monoisotopic (exact) mass is 235 g/mol. The Morgan fingerprint density at radius 1 is 1.47 bits per heavy atom. The van der Waals surface area contributed by atoms with E-state index < -0.39 is 17.3 Å². The van der Waals surface area contributed by atoms with Gasteiger partial charge in [0.25, 0.3) is 5.69 Å². The van der Waals surface area contributed by atoms with E-state index in [-0.39, 0.29) is 17.9 Å². The zero-order valence-electron chi connectivity index (χ0n) is 8.71. The zero-order valence-corrected chi connectivity index (χ0v) is 8.71. The van der Waals surface area contributed by atoms with E-state index in [1.165, 1.54) is 18.2 Å². The van der Waals surface area contributed by atoms with Gasteiger partial charge in [-0.3, -0.25) is 14.9 Å². The van der Waals surface area contributed by atoms with Crippen LogP contribution < -0.4 is 0 Å². The van der Waals surface area contributed by atoms with Crippen molar-refractivity contribution in [3.05, 3.63) is 39.4 Å². The van der Waals surface area contributed by atoms with Gasteiger partial charge >= 0.3 is 5.97 Å². The molecule has 0 aliphatic heterocycles. The summed E-state index contributed by atoms with van der Waals surface area (Å²) in [6.45, 7) is -0.343. The van der Waals surface area contributed by atoms with Gasteiger partial charge in [-0.1, -0.05) is 17.9 Å². The molecule has 0 saturated carbocycles. The molecule has 0 aliphatic rings. The van der Waals surface area contributed by atoms with Crippen molar-refractivity contribution in [3.8, 4) is 11.8 Å². The number of benzene rings is 1. The molecular formula is C11H9NO5.